The van der Waals surface area contributed by atoms with E-state index in [-0.39, 0.29) is 11.8 Å². The average Bonchev–Trinajstić information content (AvgIpc) is 3.24. The second kappa shape index (κ2) is 7.97. The summed E-state index contributed by atoms with van der Waals surface area (Å²) in [5.41, 5.74) is 1.80. The van der Waals surface area contributed by atoms with E-state index < -0.39 is 31.0 Å². The zero-order chi connectivity index (χ0) is 21.5. The van der Waals surface area contributed by atoms with Crippen LogP contribution in [0, 0.1) is 6.92 Å². The van der Waals surface area contributed by atoms with Gasteiger partial charge in [-0.2, -0.15) is 18.2 Å². The van der Waals surface area contributed by atoms with Gasteiger partial charge in [0.25, 0.3) is 0 Å². The lowest BCUT2D eigenvalue weighted by atomic mass is 10.1. The first-order valence-electron chi connectivity index (χ1n) is 9.39. The maximum Gasteiger partial charge on any atom is 0.405 e. The third-order valence-electron chi connectivity index (χ3n) is 4.95. The molecular weight excluding hydrogens is 419 g/mol. The molecule has 4 N–H and O–H groups in total. The fraction of sp³-hybridized carbons (Fsp3) is 0.421. The van der Waals surface area contributed by atoms with E-state index in [2.05, 4.69) is 25.6 Å². The number of halogens is 3. The van der Waals surface area contributed by atoms with Crippen LogP contribution in [-0.2, 0) is 0 Å². The Bertz CT molecular complexity index is 1030. The predicted molar refractivity (Wildman–Crippen MR) is 109 cm³/mol. The summed E-state index contributed by atoms with van der Waals surface area (Å²) in [7, 11) is 0. The van der Waals surface area contributed by atoms with Gasteiger partial charge in [0.1, 0.15) is 17.4 Å². The molecule has 7 nitrogen and oxygen atoms in total. The molecule has 1 fully saturated rings. The number of hydrogen-bond donors (Lipinski definition) is 4. The van der Waals surface area contributed by atoms with Gasteiger partial charge in [-0.05, 0) is 31.9 Å². The van der Waals surface area contributed by atoms with Crippen LogP contribution in [0.5, 0.6) is 0 Å². The number of thiazole rings is 1. The normalized spacial score (nSPS) is 21.9. The molecule has 160 valence electrons. The Morgan fingerprint density at radius 1 is 1.13 bits per heavy atom. The van der Waals surface area contributed by atoms with Crippen molar-refractivity contribution in [2.75, 3.05) is 17.2 Å². The minimum absolute atomic E-state index is 0.176. The largest absolute Gasteiger partial charge is 0.405 e. The Labute approximate surface area is 174 Å². The Morgan fingerprint density at radius 2 is 1.90 bits per heavy atom. The highest BCUT2D eigenvalue weighted by Gasteiger charge is 2.34. The maximum absolute atomic E-state index is 12.6. The van der Waals surface area contributed by atoms with E-state index in [0.29, 0.717) is 29.1 Å². The van der Waals surface area contributed by atoms with Gasteiger partial charge in [-0.25, -0.2) is 9.97 Å². The van der Waals surface area contributed by atoms with Gasteiger partial charge in [0.2, 0.25) is 5.95 Å². The fourth-order valence-electron chi connectivity index (χ4n) is 3.46. The van der Waals surface area contributed by atoms with Gasteiger partial charge in [-0.3, -0.25) is 0 Å². The van der Waals surface area contributed by atoms with E-state index in [0.717, 1.165) is 10.2 Å². The molecule has 2 heterocycles. The van der Waals surface area contributed by atoms with Crippen LogP contribution < -0.4 is 10.6 Å². The number of fused-ring (bicyclic) bond motifs is 1. The lowest BCUT2D eigenvalue weighted by molar-refractivity contribution is -0.115. The lowest BCUT2D eigenvalue weighted by Crippen LogP contribution is -2.35. The van der Waals surface area contributed by atoms with Crippen molar-refractivity contribution in [2.24, 2.45) is 0 Å². The van der Waals surface area contributed by atoms with Crippen molar-refractivity contribution in [2.45, 2.75) is 44.2 Å². The average molecular weight is 439 g/mol. The van der Waals surface area contributed by atoms with Crippen molar-refractivity contribution in [3.8, 4) is 10.6 Å². The van der Waals surface area contributed by atoms with Crippen molar-refractivity contribution in [1.82, 2.24) is 15.0 Å². The molecule has 0 aliphatic heterocycles. The molecule has 3 atom stereocenters. The molecule has 1 aromatic carbocycles. The van der Waals surface area contributed by atoms with Crippen molar-refractivity contribution in [1.29, 1.82) is 0 Å². The van der Waals surface area contributed by atoms with Crippen molar-refractivity contribution in [3.05, 3.63) is 30.0 Å². The van der Waals surface area contributed by atoms with E-state index in [1.54, 1.807) is 6.92 Å². The third-order valence-corrected chi connectivity index (χ3v) is 6.00. The number of aliphatic hydroxyl groups is 2. The predicted octanol–water partition coefficient (Wildman–Crippen LogP) is 3.33. The number of anilines is 2. The van der Waals surface area contributed by atoms with Gasteiger partial charge in [0.15, 0.2) is 0 Å². The maximum atomic E-state index is 12.6. The summed E-state index contributed by atoms with van der Waals surface area (Å²) in [4.78, 5) is 13.0. The van der Waals surface area contributed by atoms with Gasteiger partial charge in [-0.1, -0.05) is 12.1 Å². The molecule has 0 amide bonds. The molecular formula is C19H20F3N5O2S. The number of para-hydroxylation sites is 1. The smallest absolute Gasteiger partial charge is 0.390 e. The highest BCUT2D eigenvalue weighted by Crippen LogP contribution is 2.37. The quantitative estimate of drug-likeness (QED) is 0.484. The summed E-state index contributed by atoms with van der Waals surface area (Å²) >= 11 is 1.42. The Hall–Kier alpha value is -2.50. The Balaban J connectivity index is 1.75. The fourth-order valence-corrected chi connectivity index (χ4v) is 4.53. The summed E-state index contributed by atoms with van der Waals surface area (Å²) in [5.74, 6) is 0.0922. The second-order valence-corrected chi connectivity index (χ2v) is 8.23. The molecule has 11 heteroatoms. The van der Waals surface area contributed by atoms with Crippen LogP contribution in [0.1, 0.15) is 18.5 Å². The molecule has 0 bridgehead atoms. The number of aliphatic hydroxyl groups excluding tert-OH is 2. The number of benzene rings is 1. The number of aromatic nitrogens is 3. The number of aryl methyl sites for hydroxylation is 1. The van der Waals surface area contributed by atoms with E-state index in [9.17, 15) is 23.4 Å². The van der Waals surface area contributed by atoms with E-state index in [1.165, 1.54) is 11.3 Å². The van der Waals surface area contributed by atoms with E-state index in [4.69, 9.17) is 0 Å². The molecule has 0 radical (unpaired) electrons. The Morgan fingerprint density at radius 3 is 2.57 bits per heavy atom. The second-order valence-electron chi connectivity index (χ2n) is 7.20. The van der Waals surface area contributed by atoms with Crippen LogP contribution in [0.4, 0.5) is 24.9 Å². The van der Waals surface area contributed by atoms with Gasteiger partial charge in [0.05, 0.1) is 39.7 Å². The van der Waals surface area contributed by atoms with E-state index in [1.807, 2.05) is 24.3 Å². The van der Waals surface area contributed by atoms with E-state index >= 15 is 0 Å². The van der Waals surface area contributed by atoms with Crippen LogP contribution in [0.25, 0.3) is 20.8 Å². The van der Waals surface area contributed by atoms with Gasteiger partial charge in [0, 0.05) is 0 Å². The molecule has 1 saturated carbocycles. The van der Waals surface area contributed by atoms with Crippen LogP contribution in [-0.4, -0.2) is 56.1 Å². The number of alkyl halides is 3. The summed E-state index contributed by atoms with van der Waals surface area (Å²) < 4.78 is 38.8. The first-order valence-corrected chi connectivity index (χ1v) is 10.2. The van der Waals surface area contributed by atoms with Crippen molar-refractivity contribution in [3.63, 3.8) is 0 Å². The first kappa shape index (κ1) is 20.8. The molecule has 2 aromatic heterocycles. The molecule has 0 unspecified atom stereocenters. The third kappa shape index (κ3) is 4.32. The summed E-state index contributed by atoms with van der Waals surface area (Å²) in [6.07, 6.45) is -5.37. The highest BCUT2D eigenvalue weighted by atomic mass is 32.1. The zero-order valence-corrected chi connectivity index (χ0v) is 16.8. The van der Waals surface area contributed by atoms with Crippen LogP contribution in [0.2, 0.25) is 0 Å². The van der Waals surface area contributed by atoms with Crippen molar-refractivity contribution >= 4 is 33.3 Å². The zero-order valence-electron chi connectivity index (χ0n) is 15.9. The molecule has 0 saturated heterocycles. The topological polar surface area (TPSA) is 103 Å². The number of nitrogens with zero attached hydrogens (tertiary/aromatic N) is 3. The Kier molecular flexibility index (Phi) is 5.51. The standard InChI is InChI=1S/C19H20F3N5O2S/c1-9-14(17-26-10-4-2-3-5-13(10)30-17)16(25-11-6-7-12(28)15(11)29)27-18(24-9)23-8-19(20,21)22/h2-5,11-12,15,28-29H,6-8H2,1H3,(H2,23,24,25,27)/t11-,12-,15+/m1/s1. The molecule has 4 rings (SSSR count). The summed E-state index contributed by atoms with van der Waals surface area (Å²) in [5, 5.41) is 26.0. The summed E-state index contributed by atoms with van der Waals surface area (Å²) in [6, 6.07) is 7.07. The molecule has 1 aliphatic carbocycles. The SMILES string of the molecule is Cc1nc(NCC(F)(F)F)nc(N[C@@H]2CC[C@@H](O)[C@H]2O)c1-c1nc2ccccc2s1. The van der Waals surface area contributed by atoms with Crippen LogP contribution in [0.15, 0.2) is 24.3 Å². The summed E-state index contributed by atoms with van der Waals surface area (Å²) in [6.45, 7) is 0.407. The first-order chi connectivity index (χ1) is 14.2. The highest BCUT2D eigenvalue weighted by molar-refractivity contribution is 7.21. The lowest BCUT2D eigenvalue weighted by Gasteiger charge is -2.21. The molecule has 3 aromatic rings. The van der Waals surface area contributed by atoms with Crippen LogP contribution in [0.3, 0.4) is 0 Å². The number of nitrogens with one attached hydrogen (secondary N) is 2. The van der Waals surface area contributed by atoms with Crippen LogP contribution >= 0.6 is 11.3 Å². The monoisotopic (exact) mass is 439 g/mol. The molecule has 0 spiro atoms. The van der Waals surface area contributed by atoms with Gasteiger partial charge < -0.3 is 20.8 Å². The minimum atomic E-state index is -4.41. The minimum Gasteiger partial charge on any atom is -0.390 e. The number of rotatable bonds is 5. The molecule has 1 aliphatic rings. The number of hydrogen-bond acceptors (Lipinski definition) is 8. The molecule has 30 heavy (non-hydrogen) atoms. The van der Waals surface area contributed by atoms with Gasteiger partial charge in [-0.15, -0.1) is 11.3 Å². The van der Waals surface area contributed by atoms with Gasteiger partial charge >= 0.3 is 6.18 Å². The van der Waals surface area contributed by atoms with Crippen molar-refractivity contribution < 1.29 is 23.4 Å².